The Balaban J connectivity index is 2.50. The summed E-state index contributed by atoms with van der Waals surface area (Å²) in [5.41, 5.74) is 0. The fourth-order valence-corrected chi connectivity index (χ4v) is 0.968. The van der Waals surface area contributed by atoms with Gasteiger partial charge in [-0.05, 0) is 12.5 Å². The fraction of sp³-hybridized carbons (Fsp3) is 0.625. The minimum absolute atomic E-state index is 0.269. The van der Waals surface area contributed by atoms with Gasteiger partial charge in [0.1, 0.15) is 0 Å². The molecule has 1 aliphatic heterocycles. The summed E-state index contributed by atoms with van der Waals surface area (Å²) in [7, 11) is 0. The molecule has 1 rings (SSSR count). The van der Waals surface area contributed by atoms with Crippen LogP contribution in [0.1, 0.15) is 20.3 Å². The van der Waals surface area contributed by atoms with E-state index in [1.54, 1.807) is 0 Å². The molecule has 0 aromatic rings. The second-order valence-electron chi connectivity index (χ2n) is 2.58. The van der Waals surface area contributed by atoms with Gasteiger partial charge in [0.2, 0.25) is 0 Å². The lowest BCUT2D eigenvalue weighted by Crippen LogP contribution is -2.19. The number of hydrogen-bond acceptors (Lipinski definition) is 3. The van der Waals surface area contributed by atoms with Crippen LogP contribution in [0.15, 0.2) is 11.9 Å². The summed E-state index contributed by atoms with van der Waals surface area (Å²) in [6.07, 6.45) is 0.612. The molecule has 0 saturated heterocycles. The zero-order valence-corrected chi connectivity index (χ0v) is 7.04. The van der Waals surface area contributed by atoms with E-state index in [0.29, 0.717) is 6.42 Å². The predicted octanol–water partition coefficient (Wildman–Crippen LogP) is 1.54. The molecular weight excluding hydrogens is 163 g/mol. The number of esters is 1. The third-order valence-corrected chi connectivity index (χ3v) is 1.54. The summed E-state index contributed by atoms with van der Waals surface area (Å²) < 4.78 is 22.4. The van der Waals surface area contributed by atoms with Gasteiger partial charge in [-0.2, -0.15) is 0 Å². The molecule has 68 valence electrons. The first-order valence-corrected chi connectivity index (χ1v) is 3.83. The van der Waals surface area contributed by atoms with Crippen LogP contribution in [0.4, 0.5) is 4.39 Å². The molecule has 0 saturated carbocycles. The normalized spacial score (nSPS) is 28.4. The van der Waals surface area contributed by atoms with Crippen molar-refractivity contribution in [3.8, 4) is 0 Å². The molecule has 0 spiro atoms. The molecule has 0 aliphatic carbocycles. The predicted molar refractivity (Wildman–Crippen MR) is 39.9 cm³/mol. The van der Waals surface area contributed by atoms with Crippen LogP contribution in [-0.4, -0.2) is 18.4 Å². The average Bonchev–Trinajstić information content (AvgIpc) is 2.31. The molecule has 0 N–H and O–H groups in total. The quantitative estimate of drug-likeness (QED) is 0.595. The molecule has 0 amide bonds. The first-order valence-electron chi connectivity index (χ1n) is 3.83. The van der Waals surface area contributed by atoms with Gasteiger partial charge in [0.05, 0.1) is 6.10 Å². The van der Waals surface area contributed by atoms with Crippen LogP contribution in [0.5, 0.6) is 0 Å². The Labute approximate surface area is 70.2 Å². The Bertz CT molecular complexity index is 212. The van der Waals surface area contributed by atoms with Crippen molar-refractivity contribution in [2.75, 3.05) is 0 Å². The first-order chi connectivity index (χ1) is 5.63. The minimum atomic E-state index is -1.12. The topological polar surface area (TPSA) is 35.5 Å². The average molecular weight is 174 g/mol. The molecule has 4 heteroatoms. The summed E-state index contributed by atoms with van der Waals surface area (Å²) in [5.74, 6) is -1.06. The van der Waals surface area contributed by atoms with E-state index in [9.17, 15) is 9.18 Å². The zero-order chi connectivity index (χ0) is 9.14. The second kappa shape index (κ2) is 3.67. The smallest absolute Gasteiger partial charge is 0.305 e. The van der Waals surface area contributed by atoms with Crippen LogP contribution < -0.4 is 0 Å². The summed E-state index contributed by atoms with van der Waals surface area (Å²) in [4.78, 5) is 10.4. The van der Waals surface area contributed by atoms with Crippen LogP contribution in [0, 0.1) is 0 Å². The maximum Gasteiger partial charge on any atom is 0.305 e. The summed E-state index contributed by atoms with van der Waals surface area (Å²) in [5, 5.41) is 0. The molecule has 12 heavy (non-hydrogen) atoms. The molecule has 0 aromatic heterocycles. The largest absolute Gasteiger partial charge is 0.429 e. The van der Waals surface area contributed by atoms with E-state index < -0.39 is 18.1 Å². The highest BCUT2D eigenvalue weighted by atomic mass is 19.1. The van der Waals surface area contributed by atoms with E-state index in [-0.39, 0.29) is 6.10 Å². The van der Waals surface area contributed by atoms with E-state index in [4.69, 9.17) is 4.74 Å². The summed E-state index contributed by atoms with van der Waals surface area (Å²) >= 11 is 0. The number of carbonyl (C=O) groups excluding carboxylic acids is 1. The second-order valence-corrected chi connectivity index (χ2v) is 2.58. The van der Waals surface area contributed by atoms with Gasteiger partial charge < -0.3 is 9.47 Å². The van der Waals surface area contributed by atoms with Crippen LogP contribution in [0.3, 0.4) is 0 Å². The van der Waals surface area contributed by atoms with Crippen molar-refractivity contribution < 1.29 is 18.7 Å². The van der Waals surface area contributed by atoms with Gasteiger partial charge in [-0.25, -0.2) is 4.39 Å². The van der Waals surface area contributed by atoms with Gasteiger partial charge in [-0.3, -0.25) is 4.79 Å². The van der Waals surface area contributed by atoms with E-state index in [1.807, 2.05) is 6.92 Å². The van der Waals surface area contributed by atoms with Gasteiger partial charge in [-0.1, -0.05) is 6.92 Å². The Morgan fingerprint density at radius 2 is 2.50 bits per heavy atom. The highest BCUT2D eigenvalue weighted by Gasteiger charge is 2.28. The Morgan fingerprint density at radius 3 is 2.92 bits per heavy atom. The Kier molecular flexibility index (Phi) is 2.81. The van der Waals surface area contributed by atoms with E-state index in [0.717, 1.165) is 0 Å². The van der Waals surface area contributed by atoms with Crippen molar-refractivity contribution in [2.45, 2.75) is 32.7 Å². The van der Waals surface area contributed by atoms with Gasteiger partial charge in [0.25, 0.3) is 6.29 Å². The van der Waals surface area contributed by atoms with Gasteiger partial charge in [0, 0.05) is 6.92 Å². The third-order valence-electron chi connectivity index (χ3n) is 1.54. The number of carbonyl (C=O) groups is 1. The molecule has 0 unspecified atom stereocenters. The lowest BCUT2D eigenvalue weighted by Gasteiger charge is -2.12. The maximum atomic E-state index is 12.8. The molecule has 0 radical (unpaired) electrons. The van der Waals surface area contributed by atoms with E-state index >= 15 is 0 Å². The molecule has 0 aromatic carbocycles. The molecule has 1 heterocycles. The number of ether oxygens (including phenoxy) is 2. The summed E-state index contributed by atoms with van der Waals surface area (Å²) in [6, 6.07) is 0. The van der Waals surface area contributed by atoms with Crippen LogP contribution in [0.25, 0.3) is 0 Å². The molecular formula is C8H11FO3. The monoisotopic (exact) mass is 174 g/mol. The van der Waals surface area contributed by atoms with Crippen molar-refractivity contribution in [1.82, 2.24) is 0 Å². The van der Waals surface area contributed by atoms with Gasteiger partial charge >= 0.3 is 5.97 Å². The standard InChI is InChI=1S/C8H11FO3/c1-3-6-4-7(9)8(12-6)11-5(2)10/h4,6,8H,3H2,1-2H3/t6-,8+/m0/s1. The minimum Gasteiger partial charge on any atom is -0.429 e. The lowest BCUT2D eigenvalue weighted by molar-refractivity contribution is -0.171. The van der Waals surface area contributed by atoms with E-state index in [2.05, 4.69) is 4.74 Å². The fourth-order valence-electron chi connectivity index (χ4n) is 0.968. The Morgan fingerprint density at radius 1 is 1.83 bits per heavy atom. The van der Waals surface area contributed by atoms with Crippen LogP contribution in [-0.2, 0) is 14.3 Å². The van der Waals surface area contributed by atoms with Gasteiger partial charge in [-0.15, -0.1) is 0 Å². The van der Waals surface area contributed by atoms with Crippen LogP contribution >= 0.6 is 0 Å². The lowest BCUT2D eigenvalue weighted by atomic mass is 10.3. The van der Waals surface area contributed by atoms with Crippen molar-refractivity contribution >= 4 is 5.97 Å². The molecule has 1 aliphatic rings. The molecule has 0 bridgehead atoms. The van der Waals surface area contributed by atoms with Crippen molar-refractivity contribution in [3.05, 3.63) is 11.9 Å². The highest BCUT2D eigenvalue weighted by molar-refractivity contribution is 5.66. The maximum absolute atomic E-state index is 12.8. The van der Waals surface area contributed by atoms with Crippen molar-refractivity contribution in [2.24, 2.45) is 0 Å². The SMILES string of the molecule is CC[C@H]1C=C(F)[C@H](OC(C)=O)O1. The molecule has 0 fully saturated rings. The summed E-state index contributed by atoms with van der Waals surface area (Å²) in [6.45, 7) is 3.08. The van der Waals surface area contributed by atoms with Gasteiger partial charge in [0.15, 0.2) is 5.83 Å². The van der Waals surface area contributed by atoms with Crippen molar-refractivity contribution in [3.63, 3.8) is 0 Å². The number of halogens is 1. The van der Waals surface area contributed by atoms with E-state index in [1.165, 1.54) is 13.0 Å². The molecule has 2 atom stereocenters. The van der Waals surface area contributed by atoms with Crippen molar-refractivity contribution in [1.29, 1.82) is 0 Å². The first kappa shape index (κ1) is 9.19. The number of hydrogen-bond donors (Lipinski definition) is 0. The zero-order valence-electron chi connectivity index (χ0n) is 7.04. The Hall–Kier alpha value is -0.900. The number of rotatable bonds is 2. The highest BCUT2D eigenvalue weighted by Crippen LogP contribution is 2.23. The molecule has 3 nitrogen and oxygen atoms in total. The van der Waals surface area contributed by atoms with Crippen LogP contribution in [0.2, 0.25) is 0 Å². The third kappa shape index (κ3) is 2.04.